The van der Waals surface area contributed by atoms with Crippen LogP contribution in [0.5, 0.6) is 0 Å². The minimum absolute atomic E-state index is 0.0758. The Morgan fingerprint density at radius 1 is 1.61 bits per heavy atom. The van der Waals surface area contributed by atoms with Gasteiger partial charge in [-0.15, -0.1) is 5.10 Å². The fourth-order valence-corrected chi connectivity index (χ4v) is 3.95. The first-order valence-electron chi connectivity index (χ1n) is 8.32. The van der Waals surface area contributed by atoms with Gasteiger partial charge in [-0.25, -0.2) is 4.68 Å². The molecular formula is C15H26N5O3+. The fourth-order valence-electron chi connectivity index (χ4n) is 3.95. The van der Waals surface area contributed by atoms with Gasteiger partial charge in [0.2, 0.25) is 5.91 Å². The third-order valence-electron chi connectivity index (χ3n) is 5.15. The summed E-state index contributed by atoms with van der Waals surface area (Å²) < 4.78 is 6.80. The molecule has 4 atom stereocenters. The number of nitrogens with one attached hydrogen (secondary N) is 2. The standard InChI is InChI=1S/C15H25N5O3/c1-23-5-3-16-15(22)14-9-19-4-2-11(14)6-13(19)8-20-7-12(10-21)17-18-20/h7,11,13-14,21H,2-6,8-10H2,1H3,(H,16,22)/p+1/t11-,13-,14+/m1/s1. The molecule has 4 heterocycles. The first-order valence-corrected chi connectivity index (χ1v) is 8.32. The number of rotatable bonds is 7. The molecule has 0 aromatic carbocycles. The molecule has 8 nitrogen and oxygen atoms in total. The molecular weight excluding hydrogens is 298 g/mol. The van der Waals surface area contributed by atoms with Crippen molar-refractivity contribution in [2.24, 2.45) is 11.8 Å². The van der Waals surface area contributed by atoms with Crippen LogP contribution in [0.2, 0.25) is 0 Å². The van der Waals surface area contributed by atoms with Crippen LogP contribution in [-0.2, 0) is 22.7 Å². The van der Waals surface area contributed by atoms with Gasteiger partial charge < -0.3 is 20.1 Å². The topological polar surface area (TPSA) is 93.7 Å². The van der Waals surface area contributed by atoms with Crippen molar-refractivity contribution in [1.82, 2.24) is 20.3 Å². The van der Waals surface area contributed by atoms with Crippen molar-refractivity contribution >= 4 is 5.91 Å². The SMILES string of the molecule is COCCNC(=O)[C@H]1C[NH+]2CC[C@@H]1C[C@@H]2Cn1cc(CO)nn1. The Morgan fingerprint density at radius 3 is 3.13 bits per heavy atom. The second-order valence-electron chi connectivity index (χ2n) is 6.57. The van der Waals surface area contributed by atoms with Gasteiger partial charge in [-0.1, -0.05) is 5.21 Å². The van der Waals surface area contributed by atoms with E-state index in [4.69, 9.17) is 9.84 Å². The Kier molecular flexibility index (Phi) is 5.24. The number of hydrogen-bond acceptors (Lipinski definition) is 5. The summed E-state index contributed by atoms with van der Waals surface area (Å²) in [5.41, 5.74) is 0.603. The van der Waals surface area contributed by atoms with E-state index in [0.29, 0.717) is 30.8 Å². The van der Waals surface area contributed by atoms with Crippen LogP contribution in [0.1, 0.15) is 18.5 Å². The quantitative estimate of drug-likeness (QED) is 0.496. The van der Waals surface area contributed by atoms with E-state index in [2.05, 4.69) is 15.6 Å². The van der Waals surface area contributed by atoms with E-state index < -0.39 is 0 Å². The summed E-state index contributed by atoms with van der Waals surface area (Å²) in [4.78, 5) is 13.8. The van der Waals surface area contributed by atoms with Gasteiger partial charge in [-0.3, -0.25) is 4.79 Å². The highest BCUT2D eigenvalue weighted by atomic mass is 16.5. The van der Waals surface area contributed by atoms with E-state index in [1.807, 2.05) is 4.68 Å². The lowest BCUT2D eigenvalue weighted by molar-refractivity contribution is -0.945. The molecule has 0 radical (unpaired) electrons. The van der Waals surface area contributed by atoms with Gasteiger partial charge in [0.05, 0.1) is 45.0 Å². The lowest BCUT2D eigenvalue weighted by atomic mass is 9.75. The molecule has 23 heavy (non-hydrogen) atoms. The first-order chi connectivity index (χ1) is 11.2. The van der Waals surface area contributed by atoms with Crippen LogP contribution in [0, 0.1) is 11.8 Å². The maximum Gasteiger partial charge on any atom is 0.229 e. The van der Waals surface area contributed by atoms with Crippen LogP contribution in [0.15, 0.2) is 6.20 Å². The second kappa shape index (κ2) is 7.37. The van der Waals surface area contributed by atoms with Crippen LogP contribution in [0.25, 0.3) is 0 Å². The number of aliphatic hydroxyl groups excluding tert-OH is 1. The van der Waals surface area contributed by atoms with Crippen LogP contribution >= 0.6 is 0 Å². The average Bonchev–Trinajstić information content (AvgIpc) is 3.03. The lowest BCUT2D eigenvalue weighted by Gasteiger charge is -2.46. The summed E-state index contributed by atoms with van der Waals surface area (Å²) in [5, 5.41) is 20.0. The molecule has 3 N–H and O–H groups in total. The Balaban J connectivity index is 1.55. The van der Waals surface area contributed by atoms with Gasteiger partial charge in [0.1, 0.15) is 11.7 Å². The number of nitrogens with zero attached hydrogens (tertiary/aromatic N) is 3. The monoisotopic (exact) mass is 324 g/mol. The van der Waals surface area contributed by atoms with Gasteiger partial charge in [0.15, 0.2) is 0 Å². The molecule has 3 fully saturated rings. The maximum atomic E-state index is 12.3. The summed E-state index contributed by atoms with van der Waals surface area (Å²) in [7, 11) is 1.64. The Hall–Kier alpha value is -1.51. The molecule has 3 aliphatic heterocycles. The molecule has 128 valence electrons. The predicted octanol–water partition coefficient (Wildman–Crippen LogP) is -2.17. The summed E-state index contributed by atoms with van der Waals surface area (Å²) in [6.45, 7) is 3.89. The number of carbonyl (C=O) groups is 1. The van der Waals surface area contributed by atoms with Gasteiger partial charge in [-0.2, -0.15) is 0 Å². The van der Waals surface area contributed by atoms with E-state index in [0.717, 1.165) is 32.5 Å². The summed E-state index contributed by atoms with van der Waals surface area (Å²) in [5.74, 6) is 0.752. The third-order valence-corrected chi connectivity index (χ3v) is 5.15. The van der Waals surface area contributed by atoms with E-state index in [1.54, 1.807) is 13.3 Å². The summed E-state index contributed by atoms with van der Waals surface area (Å²) in [6.07, 6.45) is 3.97. The number of aromatic nitrogens is 3. The Labute approximate surface area is 135 Å². The van der Waals surface area contributed by atoms with E-state index in [9.17, 15) is 4.79 Å². The van der Waals surface area contributed by atoms with Crippen LogP contribution in [0.3, 0.4) is 0 Å². The van der Waals surface area contributed by atoms with Crippen LogP contribution in [-0.4, -0.2) is 65.4 Å². The molecule has 3 aliphatic rings. The number of piperidine rings is 3. The molecule has 0 aliphatic carbocycles. The van der Waals surface area contributed by atoms with Gasteiger partial charge in [0, 0.05) is 26.5 Å². The minimum Gasteiger partial charge on any atom is -0.390 e. The molecule has 1 amide bonds. The summed E-state index contributed by atoms with van der Waals surface area (Å²) in [6, 6.07) is 0.477. The van der Waals surface area contributed by atoms with Gasteiger partial charge >= 0.3 is 0 Å². The largest absolute Gasteiger partial charge is 0.390 e. The first kappa shape index (κ1) is 16.4. The van der Waals surface area contributed by atoms with E-state index in [1.165, 1.54) is 4.90 Å². The molecule has 8 heteroatoms. The molecule has 0 saturated carbocycles. The van der Waals surface area contributed by atoms with Crippen molar-refractivity contribution < 1.29 is 19.5 Å². The lowest BCUT2D eigenvalue weighted by Crippen LogP contribution is -3.20. The normalized spacial score (nSPS) is 29.7. The average molecular weight is 324 g/mol. The van der Waals surface area contributed by atoms with Crippen molar-refractivity contribution in [1.29, 1.82) is 0 Å². The number of methoxy groups -OCH3 is 1. The fraction of sp³-hybridized carbons (Fsp3) is 0.800. The van der Waals surface area contributed by atoms with E-state index >= 15 is 0 Å². The highest BCUT2D eigenvalue weighted by Crippen LogP contribution is 2.27. The van der Waals surface area contributed by atoms with Crippen molar-refractivity contribution in [2.45, 2.75) is 32.0 Å². The zero-order chi connectivity index (χ0) is 16.2. The minimum atomic E-state index is -0.0758. The molecule has 2 bridgehead atoms. The number of amides is 1. The number of fused-ring (bicyclic) bond motifs is 3. The molecule has 1 aromatic rings. The Bertz CT molecular complexity index is 535. The van der Waals surface area contributed by atoms with Gasteiger partial charge in [-0.05, 0) is 5.92 Å². The molecule has 3 saturated heterocycles. The van der Waals surface area contributed by atoms with E-state index in [-0.39, 0.29) is 18.4 Å². The number of aliphatic hydroxyl groups is 1. The highest BCUT2D eigenvalue weighted by Gasteiger charge is 2.46. The predicted molar refractivity (Wildman–Crippen MR) is 81.5 cm³/mol. The number of carbonyl (C=O) groups excluding carboxylic acids is 1. The van der Waals surface area contributed by atoms with Crippen molar-refractivity contribution in [2.75, 3.05) is 33.4 Å². The summed E-state index contributed by atoms with van der Waals surface area (Å²) >= 11 is 0. The smallest absolute Gasteiger partial charge is 0.229 e. The van der Waals surface area contributed by atoms with Crippen molar-refractivity contribution in [3.63, 3.8) is 0 Å². The zero-order valence-corrected chi connectivity index (χ0v) is 13.6. The molecule has 1 unspecified atom stereocenters. The van der Waals surface area contributed by atoms with Crippen LogP contribution in [0.4, 0.5) is 0 Å². The molecule has 4 rings (SSSR count). The Morgan fingerprint density at radius 2 is 2.48 bits per heavy atom. The highest BCUT2D eigenvalue weighted by molar-refractivity contribution is 5.79. The maximum absolute atomic E-state index is 12.3. The molecule has 1 aromatic heterocycles. The zero-order valence-electron chi connectivity index (χ0n) is 13.6. The number of ether oxygens (including phenoxy) is 1. The van der Waals surface area contributed by atoms with Crippen molar-refractivity contribution in [3.05, 3.63) is 11.9 Å². The molecule has 0 spiro atoms. The van der Waals surface area contributed by atoms with Crippen LogP contribution < -0.4 is 10.2 Å². The number of hydrogen-bond donors (Lipinski definition) is 3. The van der Waals surface area contributed by atoms with Gasteiger partial charge in [0.25, 0.3) is 0 Å². The number of quaternary nitrogens is 1. The van der Waals surface area contributed by atoms with Crippen molar-refractivity contribution in [3.8, 4) is 0 Å². The second-order valence-corrected chi connectivity index (χ2v) is 6.57. The third kappa shape index (κ3) is 3.70.